The normalized spacial score (nSPS) is 26.5. The van der Waals surface area contributed by atoms with Crippen molar-refractivity contribution in [1.82, 2.24) is 19.8 Å². The van der Waals surface area contributed by atoms with Gasteiger partial charge in [0.25, 0.3) is 5.56 Å². The molecule has 3 aliphatic rings. The van der Waals surface area contributed by atoms with Crippen LogP contribution in [-0.2, 0) is 17.9 Å². The molecular weight excluding hydrogens is 416 g/mol. The second kappa shape index (κ2) is 9.23. The lowest BCUT2D eigenvalue weighted by atomic mass is 9.86. The molecule has 2 aromatic heterocycles. The summed E-state index contributed by atoms with van der Waals surface area (Å²) in [4.78, 5) is 33.3. The minimum absolute atomic E-state index is 0.0347. The molecule has 174 valence electrons. The summed E-state index contributed by atoms with van der Waals surface area (Å²) in [5.74, 6) is -0.696. The van der Waals surface area contributed by atoms with Crippen LogP contribution < -0.4 is 10.9 Å². The molecule has 2 aromatic rings. The minimum atomic E-state index is -0.408. The Morgan fingerprint density at radius 2 is 2.03 bits per heavy atom. The first-order chi connectivity index (χ1) is 16.1. The molecule has 4 heterocycles. The minimum Gasteiger partial charge on any atom is -0.396 e. The number of carbonyl (C=O) groups is 1. The second-order valence-corrected chi connectivity index (χ2v) is 9.37. The van der Waals surface area contributed by atoms with Gasteiger partial charge in [0.1, 0.15) is 0 Å². The summed E-state index contributed by atoms with van der Waals surface area (Å²) in [5.41, 5.74) is 3.95. The molecule has 7 nitrogen and oxygen atoms in total. The molecule has 0 spiro atoms. The van der Waals surface area contributed by atoms with Crippen LogP contribution in [0.2, 0.25) is 0 Å². The van der Waals surface area contributed by atoms with E-state index in [1.54, 1.807) is 12.4 Å². The zero-order valence-corrected chi connectivity index (χ0v) is 19.1. The van der Waals surface area contributed by atoms with Crippen LogP contribution in [0.1, 0.15) is 55.5 Å². The molecule has 1 aliphatic carbocycles. The molecule has 33 heavy (non-hydrogen) atoms. The van der Waals surface area contributed by atoms with E-state index in [4.69, 9.17) is 0 Å². The molecule has 0 aromatic carbocycles. The summed E-state index contributed by atoms with van der Waals surface area (Å²) < 4.78 is 1.88. The van der Waals surface area contributed by atoms with Crippen LogP contribution >= 0.6 is 0 Å². The lowest BCUT2D eigenvalue weighted by molar-refractivity contribution is -0.127. The zero-order chi connectivity index (χ0) is 22.9. The molecule has 1 amide bonds. The van der Waals surface area contributed by atoms with Crippen LogP contribution in [0.25, 0.3) is 5.57 Å². The van der Waals surface area contributed by atoms with Gasteiger partial charge >= 0.3 is 0 Å². The smallest absolute Gasteiger partial charge is 0.258 e. The topological polar surface area (TPSA) is 87.5 Å². The van der Waals surface area contributed by atoms with Crippen LogP contribution in [0.5, 0.6) is 0 Å². The Balaban J connectivity index is 1.60. The van der Waals surface area contributed by atoms with Crippen molar-refractivity contribution in [1.29, 1.82) is 0 Å². The number of nitrogens with zero attached hydrogens (tertiary/aromatic N) is 3. The molecule has 4 atom stereocenters. The summed E-state index contributed by atoms with van der Waals surface area (Å²) in [6.45, 7) is 3.49. The maximum atomic E-state index is 13.6. The Morgan fingerprint density at radius 1 is 1.21 bits per heavy atom. The molecule has 2 N–H and O–H groups in total. The number of allylic oxidation sites excluding steroid dienone is 2. The number of pyridine rings is 2. The van der Waals surface area contributed by atoms with Gasteiger partial charge in [-0.15, -0.1) is 0 Å². The van der Waals surface area contributed by atoms with Crippen molar-refractivity contribution in [2.75, 3.05) is 13.2 Å². The molecule has 5 rings (SSSR count). The Hall–Kier alpha value is -2.77. The predicted molar refractivity (Wildman–Crippen MR) is 126 cm³/mol. The third-order valence-corrected chi connectivity index (χ3v) is 7.58. The lowest BCUT2D eigenvalue weighted by Crippen LogP contribution is -2.46. The highest BCUT2D eigenvalue weighted by molar-refractivity contribution is 5.80. The first-order valence-corrected chi connectivity index (χ1v) is 12.1. The molecule has 0 unspecified atom stereocenters. The number of hydrogen-bond donors (Lipinski definition) is 2. The number of carbonyl (C=O) groups excluding carboxylic acids is 1. The van der Waals surface area contributed by atoms with Crippen LogP contribution in [0.4, 0.5) is 0 Å². The van der Waals surface area contributed by atoms with E-state index in [-0.39, 0.29) is 36.1 Å². The standard InChI is InChI=1S/C26H32N4O3/c1-2-28-25(32)23-20(16-31)22-15-30-21(24(23)29(22)14-17-10-12-27-13-11-17)9-8-19(26(30)33)18-6-4-3-5-7-18/h6,8-13,20,22-24,31H,2-5,7,14-16H2,1H3,(H,28,32)/t20-,22-,23+,24+/m1/s1. The largest absolute Gasteiger partial charge is 0.396 e. The lowest BCUT2D eigenvalue weighted by Gasteiger charge is -2.38. The summed E-state index contributed by atoms with van der Waals surface area (Å²) in [7, 11) is 0. The van der Waals surface area contributed by atoms with Gasteiger partial charge in [-0.3, -0.25) is 19.5 Å². The van der Waals surface area contributed by atoms with Gasteiger partial charge in [0.2, 0.25) is 5.91 Å². The van der Waals surface area contributed by atoms with E-state index in [0.29, 0.717) is 19.6 Å². The molecule has 0 saturated carbocycles. The third kappa shape index (κ3) is 3.83. The van der Waals surface area contributed by atoms with Gasteiger partial charge in [0.05, 0.1) is 12.0 Å². The summed E-state index contributed by atoms with van der Waals surface area (Å²) in [5, 5.41) is 13.4. The Kier molecular flexibility index (Phi) is 6.17. The van der Waals surface area contributed by atoms with Gasteiger partial charge in [0, 0.05) is 61.9 Å². The first kappa shape index (κ1) is 22.0. The van der Waals surface area contributed by atoms with E-state index in [0.717, 1.165) is 41.7 Å². The number of amides is 1. The first-order valence-electron chi connectivity index (χ1n) is 12.1. The number of hydrogen-bond acceptors (Lipinski definition) is 5. The molecular formula is C26H32N4O3. The van der Waals surface area contributed by atoms with Crippen molar-refractivity contribution in [2.24, 2.45) is 11.8 Å². The fraction of sp³-hybridized carbons (Fsp3) is 0.500. The second-order valence-electron chi connectivity index (χ2n) is 9.37. The highest BCUT2D eigenvalue weighted by Gasteiger charge is 2.55. The number of rotatable bonds is 6. The van der Waals surface area contributed by atoms with Crippen LogP contribution in [0.3, 0.4) is 0 Å². The van der Waals surface area contributed by atoms with E-state index in [1.165, 1.54) is 6.42 Å². The monoisotopic (exact) mass is 448 g/mol. The predicted octanol–water partition coefficient (Wildman–Crippen LogP) is 2.50. The Bertz CT molecular complexity index is 1110. The number of nitrogens with one attached hydrogen (secondary N) is 1. The molecule has 1 saturated heterocycles. The van der Waals surface area contributed by atoms with Gasteiger partial charge in [-0.05, 0) is 68.0 Å². The van der Waals surface area contributed by atoms with Crippen molar-refractivity contribution in [2.45, 2.75) is 57.8 Å². The third-order valence-electron chi connectivity index (χ3n) is 7.58. The van der Waals surface area contributed by atoms with E-state index in [1.807, 2.05) is 35.8 Å². The van der Waals surface area contributed by atoms with Crippen LogP contribution in [-0.4, -0.2) is 44.7 Å². The van der Waals surface area contributed by atoms with Crippen LogP contribution in [0.15, 0.2) is 47.5 Å². The molecule has 7 heteroatoms. The zero-order valence-electron chi connectivity index (χ0n) is 19.1. The Morgan fingerprint density at radius 3 is 2.73 bits per heavy atom. The van der Waals surface area contributed by atoms with Gasteiger partial charge in [-0.1, -0.05) is 6.08 Å². The van der Waals surface area contributed by atoms with Gasteiger partial charge in [0.15, 0.2) is 0 Å². The fourth-order valence-electron chi connectivity index (χ4n) is 6.06. The average Bonchev–Trinajstić information content (AvgIpc) is 3.05. The summed E-state index contributed by atoms with van der Waals surface area (Å²) in [6.07, 6.45) is 10.0. The number of aromatic nitrogens is 2. The molecule has 0 radical (unpaired) electrons. The van der Waals surface area contributed by atoms with Gasteiger partial charge in [-0.25, -0.2) is 0 Å². The molecule has 2 bridgehead atoms. The van der Waals surface area contributed by atoms with Gasteiger partial charge in [-0.2, -0.15) is 0 Å². The van der Waals surface area contributed by atoms with Crippen molar-refractivity contribution in [3.8, 4) is 0 Å². The van der Waals surface area contributed by atoms with E-state index in [9.17, 15) is 14.7 Å². The van der Waals surface area contributed by atoms with Crippen molar-refractivity contribution < 1.29 is 9.90 Å². The van der Waals surface area contributed by atoms with Crippen molar-refractivity contribution in [3.63, 3.8) is 0 Å². The maximum Gasteiger partial charge on any atom is 0.258 e. The summed E-state index contributed by atoms with van der Waals surface area (Å²) in [6, 6.07) is 7.60. The van der Waals surface area contributed by atoms with Gasteiger partial charge < -0.3 is 15.0 Å². The number of aliphatic hydroxyl groups excluding tert-OH is 1. The SMILES string of the molecule is CCNC(=O)[C@H]1[C@H](CO)[C@H]2Cn3c(ccc(C4=CCCCC4)c3=O)[C@@H]1N2Cc1ccncc1. The van der Waals surface area contributed by atoms with E-state index < -0.39 is 5.92 Å². The van der Waals surface area contributed by atoms with Crippen molar-refractivity contribution in [3.05, 3.63) is 69.9 Å². The van der Waals surface area contributed by atoms with E-state index >= 15 is 0 Å². The summed E-state index contributed by atoms with van der Waals surface area (Å²) >= 11 is 0. The molecule has 1 fully saturated rings. The van der Waals surface area contributed by atoms with Crippen molar-refractivity contribution >= 4 is 11.5 Å². The number of fused-ring (bicyclic) bond motifs is 4. The highest BCUT2D eigenvalue weighted by atomic mass is 16.3. The van der Waals surface area contributed by atoms with E-state index in [2.05, 4.69) is 21.3 Å². The number of aliphatic hydroxyl groups is 1. The highest BCUT2D eigenvalue weighted by Crippen LogP contribution is 2.49. The van der Waals surface area contributed by atoms with Crippen LogP contribution in [0, 0.1) is 11.8 Å². The maximum absolute atomic E-state index is 13.6. The molecule has 2 aliphatic heterocycles. The Labute approximate surface area is 194 Å². The average molecular weight is 449 g/mol. The quantitative estimate of drug-likeness (QED) is 0.709. The fourth-order valence-corrected chi connectivity index (χ4v) is 6.06.